The molecule has 13 heavy (non-hydrogen) atoms. The van der Waals surface area contributed by atoms with Gasteiger partial charge in [0.15, 0.2) is 0 Å². The lowest BCUT2D eigenvalue weighted by Gasteiger charge is -2.09. The van der Waals surface area contributed by atoms with Gasteiger partial charge in [-0.1, -0.05) is 0 Å². The summed E-state index contributed by atoms with van der Waals surface area (Å²) in [5.41, 5.74) is 10.5. The van der Waals surface area contributed by atoms with Crippen LogP contribution in [0.2, 0.25) is 0 Å². The van der Waals surface area contributed by atoms with Crippen molar-refractivity contribution >= 4 is 11.8 Å². The smallest absolute Gasteiger partial charge is 0.237 e. The Kier molecular flexibility index (Phi) is 3.25. The van der Waals surface area contributed by atoms with Crippen LogP contribution in [-0.4, -0.2) is 23.9 Å². The van der Waals surface area contributed by atoms with Crippen molar-refractivity contribution in [1.29, 1.82) is 0 Å². The van der Waals surface area contributed by atoms with Gasteiger partial charge in [-0.15, -0.1) is 0 Å². The first-order valence-electron chi connectivity index (χ1n) is 4.44. The van der Waals surface area contributed by atoms with E-state index in [0.717, 1.165) is 12.8 Å². The number of nitrogens with one attached hydrogen (secondary N) is 1. The van der Waals surface area contributed by atoms with Crippen LogP contribution < -0.4 is 16.8 Å². The second-order valence-corrected chi connectivity index (χ2v) is 3.39. The Bertz CT molecular complexity index is 213. The maximum absolute atomic E-state index is 11.2. The molecular weight excluding hydrogens is 170 g/mol. The molecule has 2 amide bonds. The Balaban J connectivity index is 2.16. The van der Waals surface area contributed by atoms with Crippen LogP contribution in [0, 0.1) is 0 Å². The van der Waals surface area contributed by atoms with Gasteiger partial charge in [-0.05, 0) is 19.3 Å². The van der Waals surface area contributed by atoms with E-state index in [1.165, 1.54) is 0 Å². The Labute approximate surface area is 76.8 Å². The molecule has 0 aromatic heterocycles. The van der Waals surface area contributed by atoms with E-state index in [1.54, 1.807) is 0 Å². The molecule has 5 heteroatoms. The minimum atomic E-state index is -0.604. The number of nitrogens with two attached hydrogens (primary N) is 2. The third kappa shape index (κ3) is 3.89. The van der Waals surface area contributed by atoms with Crippen molar-refractivity contribution in [2.75, 3.05) is 0 Å². The van der Waals surface area contributed by atoms with Crippen LogP contribution in [-0.2, 0) is 9.59 Å². The molecule has 1 saturated carbocycles. The van der Waals surface area contributed by atoms with Gasteiger partial charge in [0.2, 0.25) is 11.8 Å². The van der Waals surface area contributed by atoms with E-state index in [2.05, 4.69) is 5.32 Å². The monoisotopic (exact) mass is 185 g/mol. The molecule has 1 rings (SSSR count). The highest BCUT2D eigenvalue weighted by Gasteiger charge is 2.25. The lowest BCUT2D eigenvalue weighted by molar-refractivity contribution is -0.123. The fraction of sp³-hybridized carbons (Fsp3) is 0.750. The van der Waals surface area contributed by atoms with Gasteiger partial charge in [0, 0.05) is 12.5 Å². The molecule has 0 aromatic carbocycles. The number of primary amides is 1. The maximum Gasteiger partial charge on any atom is 0.237 e. The molecule has 0 aromatic rings. The lowest BCUT2D eigenvalue weighted by Crippen LogP contribution is -2.42. The molecule has 0 radical (unpaired) electrons. The molecule has 1 fully saturated rings. The predicted octanol–water partition coefficient (Wildman–Crippen LogP) is -1.14. The van der Waals surface area contributed by atoms with E-state index in [9.17, 15) is 9.59 Å². The Morgan fingerprint density at radius 1 is 1.46 bits per heavy atom. The first-order valence-corrected chi connectivity index (χ1v) is 4.44. The summed E-state index contributed by atoms with van der Waals surface area (Å²) in [4.78, 5) is 21.6. The van der Waals surface area contributed by atoms with Gasteiger partial charge in [-0.3, -0.25) is 9.59 Å². The van der Waals surface area contributed by atoms with Crippen LogP contribution in [0.25, 0.3) is 0 Å². The van der Waals surface area contributed by atoms with Crippen LogP contribution in [0.1, 0.15) is 25.7 Å². The van der Waals surface area contributed by atoms with Gasteiger partial charge in [0.05, 0.1) is 6.04 Å². The van der Waals surface area contributed by atoms with Crippen LogP contribution in [0.15, 0.2) is 0 Å². The van der Waals surface area contributed by atoms with E-state index < -0.39 is 11.9 Å². The van der Waals surface area contributed by atoms with Crippen molar-refractivity contribution in [2.45, 2.75) is 37.8 Å². The molecule has 5 nitrogen and oxygen atoms in total. The number of hydrogen-bond acceptors (Lipinski definition) is 3. The molecule has 0 heterocycles. The van der Waals surface area contributed by atoms with Gasteiger partial charge in [0.25, 0.3) is 0 Å². The van der Waals surface area contributed by atoms with Gasteiger partial charge in [-0.25, -0.2) is 0 Å². The van der Waals surface area contributed by atoms with E-state index in [4.69, 9.17) is 11.5 Å². The van der Waals surface area contributed by atoms with Crippen LogP contribution in [0.5, 0.6) is 0 Å². The molecule has 1 atom stereocenters. The minimum absolute atomic E-state index is 0.166. The lowest BCUT2D eigenvalue weighted by atomic mass is 10.1. The summed E-state index contributed by atoms with van der Waals surface area (Å²) in [5.74, 6) is -0.599. The zero-order chi connectivity index (χ0) is 9.84. The third-order valence-corrected chi connectivity index (χ3v) is 1.96. The predicted molar refractivity (Wildman–Crippen MR) is 47.6 cm³/mol. The molecule has 0 spiro atoms. The highest BCUT2D eigenvalue weighted by molar-refractivity contribution is 5.83. The molecule has 5 N–H and O–H groups in total. The summed E-state index contributed by atoms with van der Waals surface area (Å²) in [6, 6.07) is -0.291. The van der Waals surface area contributed by atoms with Crippen LogP contribution in [0.3, 0.4) is 0 Å². The van der Waals surface area contributed by atoms with E-state index in [-0.39, 0.29) is 12.3 Å². The normalized spacial score (nSPS) is 17.9. The van der Waals surface area contributed by atoms with E-state index >= 15 is 0 Å². The zero-order valence-corrected chi connectivity index (χ0v) is 7.45. The molecular formula is C8H15N3O2. The van der Waals surface area contributed by atoms with Gasteiger partial charge < -0.3 is 16.8 Å². The van der Waals surface area contributed by atoms with Crippen LogP contribution in [0.4, 0.5) is 0 Å². The fourth-order valence-electron chi connectivity index (χ4n) is 0.965. The molecule has 1 aliphatic carbocycles. The fourth-order valence-corrected chi connectivity index (χ4v) is 0.965. The van der Waals surface area contributed by atoms with E-state index in [1.807, 2.05) is 0 Å². The standard InChI is InChI=1S/C8H15N3O2/c9-6(3-4-7(10)12)8(13)11-5-1-2-5/h5-6H,1-4,9H2,(H2,10,12)(H,11,13)/t6-/m0/s1. The molecule has 0 unspecified atom stereocenters. The second-order valence-electron chi connectivity index (χ2n) is 3.39. The summed E-state index contributed by atoms with van der Waals surface area (Å²) >= 11 is 0. The Morgan fingerprint density at radius 3 is 2.54 bits per heavy atom. The van der Waals surface area contributed by atoms with Crippen molar-refractivity contribution in [3.05, 3.63) is 0 Å². The molecule has 0 bridgehead atoms. The number of rotatable bonds is 5. The van der Waals surface area contributed by atoms with Gasteiger partial charge >= 0.3 is 0 Å². The summed E-state index contributed by atoms with van der Waals surface area (Å²) in [6.45, 7) is 0. The van der Waals surface area contributed by atoms with Crippen molar-refractivity contribution in [1.82, 2.24) is 5.32 Å². The zero-order valence-electron chi connectivity index (χ0n) is 7.45. The summed E-state index contributed by atoms with van der Waals surface area (Å²) in [7, 11) is 0. The first kappa shape index (κ1) is 9.98. The largest absolute Gasteiger partial charge is 0.370 e. The Hall–Kier alpha value is -1.10. The maximum atomic E-state index is 11.2. The summed E-state index contributed by atoms with van der Waals surface area (Å²) < 4.78 is 0. The highest BCUT2D eigenvalue weighted by Crippen LogP contribution is 2.18. The van der Waals surface area contributed by atoms with Gasteiger partial charge in [0.1, 0.15) is 0 Å². The third-order valence-electron chi connectivity index (χ3n) is 1.96. The average molecular weight is 185 g/mol. The second kappa shape index (κ2) is 4.23. The number of hydrogen-bond donors (Lipinski definition) is 3. The number of carbonyl (C=O) groups is 2. The molecule has 0 aliphatic heterocycles. The van der Waals surface area contributed by atoms with Crippen molar-refractivity contribution in [2.24, 2.45) is 11.5 Å². The number of carbonyl (C=O) groups excluding carboxylic acids is 2. The first-order chi connectivity index (χ1) is 6.09. The Morgan fingerprint density at radius 2 is 2.08 bits per heavy atom. The van der Waals surface area contributed by atoms with Crippen molar-refractivity contribution in [3.63, 3.8) is 0 Å². The van der Waals surface area contributed by atoms with Crippen molar-refractivity contribution < 1.29 is 9.59 Å². The van der Waals surface area contributed by atoms with Crippen LogP contribution >= 0.6 is 0 Å². The van der Waals surface area contributed by atoms with Gasteiger partial charge in [-0.2, -0.15) is 0 Å². The topological polar surface area (TPSA) is 98.2 Å². The quantitative estimate of drug-likeness (QED) is 0.504. The molecule has 74 valence electrons. The highest BCUT2D eigenvalue weighted by atomic mass is 16.2. The molecule has 0 saturated heterocycles. The van der Waals surface area contributed by atoms with E-state index in [0.29, 0.717) is 12.5 Å². The summed E-state index contributed by atoms with van der Waals surface area (Å²) in [5, 5.41) is 2.76. The molecule has 1 aliphatic rings. The van der Waals surface area contributed by atoms with Crippen molar-refractivity contribution in [3.8, 4) is 0 Å². The average Bonchev–Trinajstić information content (AvgIpc) is 2.83. The minimum Gasteiger partial charge on any atom is -0.370 e. The summed E-state index contributed by atoms with van der Waals surface area (Å²) in [6.07, 6.45) is 2.57. The number of amides is 2. The SMILES string of the molecule is NC(=O)CC[C@H](N)C(=O)NC1CC1.